The molecule has 0 heterocycles. The SMILES string of the molecule is NC1CCC(C(=O)Nc2ccc(S(N)(=O)=O)cc2)C1. The van der Waals surface area contributed by atoms with E-state index in [9.17, 15) is 13.2 Å². The number of amides is 1. The van der Waals surface area contributed by atoms with E-state index in [4.69, 9.17) is 10.9 Å². The number of sulfonamides is 1. The molecule has 0 spiro atoms. The Labute approximate surface area is 112 Å². The minimum atomic E-state index is -3.70. The van der Waals surface area contributed by atoms with Gasteiger partial charge in [-0.2, -0.15) is 0 Å². The Bertz CT molecular complexity index is 568. The van der Waals surface area contributed by atoms with Crippen LogP contribution in [-0.4, -0.2) is 20.4 Å². The number of primary sulfonamides is 1. The average Bonchev–Trinajstić information content (AvgIpc) is 2.75. The molecule has 2 unspecified atom stereocenters. The molecule has 2 rings (SSSR count). The van der Waals surface area contributed by atoms with Crippen molar-refractivity contribution in [1.82, 2.24) is 0 Å². The zero-order valence-corrected chi connectivity index (χ0v) is 11.2. The number of carbonyl (C=O) groups excluding carboxylic acids is 1. The molecule has 0 saturated heterocycles. The second kappa shape index (κ2) is 5.28. The standard InChI is InChI=1S/C12H17N3O3S/c13-9-2-1-8(7-9)12(16)15-10-3-5-11(6-4-10)19(14,17)18/h3-6,8-9H,1-2,7,13H2,(H,15,16)(H2,14,17,18). The lowest BCUT2D eigenvalue weighted by atomic mass is 10.1. The molecule has 0 radical (unpaired) electrons. The summed E-state index contributed by atoms with van der Waals surface area (Å²) in [4.78, 5) is 12.0. The Hall–Kier alpha value is -1.44. The van der Waals surface area contributed by atoms with Crippen molar-refractivity contribution in [2.24, 2.45) is 16.8 Å². The normalized spacial score (nSPS) is 23.3. The van der Waals surface area contributed by atoms with Gasteiger partial charge in [-0.15, -0.1) is 0 Å². The van der Waals surface area contributed by atoms with Crippen LogP contribution in [-0.2, 0) is 14.8 Å². The third kappa shape index (κ3) is 3.52. The van der Waals surface area contributed by atoms with E-state index >= 15 is 0 Å². The highest BCUT2D eigenvalue weighted by Gasteiger charge is 2.27. The zero-order valence-electron chi connectivity index (χ0n) is 10.4. The van der Waals surface area contributed by atoms with Crippen LogP contribution in [0.15, 0.2) is 29.2 Å². The van der Waals surface area contributed by atoms with Gasteiger partial charge in [0.25, 0.3) is 0 Å². The first-order chi connectivity index (χ1) is 8.86. The topological polar surface area (TPSA) is 115 Å². The van der Waals surface area contributed by atoms with Gasteiger partial charge in [-0.25, -0.2) is 13.6 Å². The lowest BCUT2D eigenvalue weighted by Crippen LogP contribution is -2.23. The molecule has 1 aromatic rings. The number of nitrogens with two attached hydrogens (primary N) is 2. The molecule has 6 nitrogen and oxygen atoms in total. The molecule has 1 fully saturated rings. The molecule has 2 atom stereocenters. The number of anilines is 1. The quantitative estimate of drug-likeness (QED) is 0.744. The van der Waals surface area contributed by atoms with E-state index in [0.717, 1.165) is 12.8 Å². The van der Waals surface area contributed by atoms with Crippen LogP contribution in [0.3, 0.4) is 0 Å². The maximum atomic E-state index is 11.9. The van der Waals surface area contributed by atoms with Crippen molar-refractivity contribution in [3.63, 3.8) is 0 Å². The number of benzene rings is 1. The van der Waals surface area contributed by atoms with E-state index in [2.05, 4.69) is 5.32 Å². The highest BCUT2D eigenvalue weighted by molar-refractivity contribution is 7.89. The summed E-state index contributed by atoms with van der Waals surface area (Å²) in [6.45, 7) is 0. The Morgan fingerprint density at radius 2 is 1.84 bits per heavy atom. The molecule has 1 saturated carbocycles. The largest absolute Gasteiger partial charge is 0.328 e. The van der Waals surface area contributed by atoms with Gasteiger partial charge in [0, 0.05) is 17.6 Å². The molecule has 7 heteroatoms. The van der Waals surface area contributed by atoms with E-state index in [1.54, 1.807) is 0 Å². The first kappa shape index (κ1) is 14.0. The Morgan fingerprint density at radius 3 is 2.32 bits per heavy atom. The van der Waals surface area contributed by atoms with Crippen LogP contribution in [0, 0.1) is 5.92 Å². The third-order valence-electron chi connectivity index (χ3n) is 3.29. The molecule has 104 valence electrons. The first-order valence-electron chi connectivity index (χ1n) is 6.05. The van der Waals surface area contributed by atoms with E-state index in [1.807, 2.05) is 0 Å². The summed E-state index contributed by atoms with van der Waals surface area (Å²) in [6.07, 6.45) is 2.35. The third-order valence-corrected chi connectivity index (χ3v) is 4.22. The zero-order chi connectivity index (χ0) is 14.0. The van der Waals surface area contributed by atoms with Crippen LogP contribution in [0.25, 0.3) is 0 Å². The van der Waals surface area contributed by atoms with Crippen molar-refractivity contribution in [2.45, 2.75) is 30.2 Å². The minimum absolute atomic E-state index is 0.0217. The predicted molar refractivity (Wildman–Crippen MR) is 71.8 cm³/mol. The van der Waals surface area contributed by atoms with Crippen molar-refractivity contribution in [1.29, 1.82) is 0 Å². The van der Waals surface area contributed by atoms with Crippen LogP contribution in [0.4, 0.5) is 5.69 Å². The Morgan fingerprint density at radius 1 is 1.21 bits per heavy atom. The molecule has 0 bridgehead atoms. The van der Waals surface area contributed by atoms with Gasteiger partial charge in [0.05, 0.1) is 4.90 Å². The minimum Gasteiger partial charge on any atom is -0.328 e. The molecular formula is C12H17N3O3S. The summed E-state index contributed by atoms with van der Waals surface area (Å²) in [6, 6.07) is 5.87. The molecule has 19 heavy (non-hydrogen) atoms. The Balaban J connectivity index is 2.02. The Kier molecular flexibility index (Phi) is 3.88. The van der Waals surface area contributed by atoms with E-state index < -0.39 is 10.0 Å². The first-order valence-corrected chi connectivity index (χ1v) is 7.60. The predicted octanol–water partition coefficient (Wildman–Crippen LogP) is 0.400. The molecule has 0 aliphatic heterocycles. The van der Waals surface area contributed by atoms with Gasteiger partial charge in [0.1, 0.15) is 0 Å². The van der Waals surface area contributed by atoms with Gasteiger partial charge in [-0.05, 0) is 43.5 Å². The van der Waals surface area contributed by atoms with E-state index in [1.165, 1.54) is 24.3 Å². The maximum absolute atomic E-state index is 11.9. The fourth-order valence-corrected chi connectivity index (χ4v) is 2.74. The number of hydrogen-bond acceptors (Lipinski definition) is 4. The van der Waals surface area contributed by atoms with Crippen LogP contribution in [0.1, 0.15) is 19.3 Å². The van der Waals surface area contributed by atoms with Gasteiger partial charge < -0.3 is 11.1 Å². The summed E-state index contributed by atoms with van der Waals surface area (Å²) >= 11 is 0. The van der Waals surface area contributed by atoms with Crippen LogP contribution in [0.2, 0.25) is 0 Å². The molecular weight excluding hydrogens is 266 g/mol. The second-order valence-corrected chi connectivity index (χ2v) is 6.39. The van der Waals surface area contributed by atoms with Gasteiger partial charge >= 0.3 is 0 Å². The molecule has 0 aromatic heterocycles. The summed E-state index contributed by atoms with van der Waals surface area (Å²) in [5.41, 5.74) is 6.32. The summed E-state index contributed by atoms with van der Waals surface area (Å²) in [7, 11) is -3.70. The highest BCUT2D eigenvalue weighted by atomic mass is 32.2. The van der Waals surface area contributed by atoms with Crippen LogP contribution in [0.5, 0.6) is 0 Å². The molecule has 1 aliphatic rings. The summed E-state index contributed by atoms with van der Waals surface area (Å²) in [5.74, 6) is -0.135. The molecule has 1 aromatic carbocycles. The summed E-state index contributed by atoms with van der Waals surface area (Å²) in [5, 5.41) is 7.75. The smallest absolute Gasteiger partial charge is 0.238 e. The van der Waals surface area contributed by atoms with Crippen molar-refractivity contribution in [3.05, 3.63) is 24.3 Å². The van der Waals surface area contributed by atoms with Crippen LogP contribution >= 0.6 is 0 Å². The number of nitrogens with one attached hydrogen (secondary N) is 1. The van der Waals surface area contributed by atoms with E-state index in [-0.39, 0.29) is 22.8 Å². The number of carbonyl (C=O) groups is 1. The van der Waals surface area contributed by atoms with E-state index in [0.29, 0.717) is 12.1 Å². The van der Waals surface area contributed by atoms with Crippen molar-refractivity contribution in [3.8, 4) is 0 Å². The van der Waals surface area contributed by atoms with Crippen molar-refractivity contribution < 1.29 is 13.2 Å². The number of hydrogen-bond donors (Lipinski definition) is 3. The summed E-state index contributed by atoms with van der Waals surface area (Å²) < 4.78 is 22.2. The molecule has 5 N–H and O–H groups in total. The van der Waals surface area contributed by atoms with Crippen molar-refractivity contribution >= 4 is 21.6 Å². The fourth-order valence-electron chi connectivity index (χ4n) is 2.23. The average molecular weight is 283 g/mol. The highest BCUT2D eigenvalue weighted by Crippen LogP contribution is 2.25. The molecule has 1 amide bonds. The monoisotopic (exact) mass is 283 g/mol. The van der Waals surface area contributed by atoms with Gasteiger partial charge in [-0.1, -0.05) is 0 Å². The van der Waals surface area contributed by atoms with Crippen molar-refractivity contribution in [2.75, 3.05) is 5.32 Å². The second-order valence-electron chi connectivity index (χ2n) is 4.83. The fraction of sp³-hybridized carbons (Fsp3) is 0.417. The molecule has 1 aliphatic carbocycles. The maximum Gasteiger partial charge on any atom is 0.238 e. The van der Waals surface area contributed by atoms with Gasteiger partial charge in [-0.3, -0.25) is 4.79 Å². The van der Waals surface area contributed by atoms with Gasteiger partial charge in [0.15, 0.2) is 0 Å². The van der Waals surface area contributed by atoms with Crippen LogP contribution < -0.4 is 16.2 Å². The lowest BCUT2D eigenvalue weighted by Gasteiger charge is -2.11. The number of rotatable bonds is 3. The van der Waals surface area contributed by atoms with Gasteiger partial charge in [0.2, 0.25) is 15.9 Å². The lowest BCUT2D eigenvalue weighted by molar-refractivity contribution is -0.119.